The molecule has 3 heterocycles. The highest BCUT2D eigenvalue weighted by molar-refractivity contribution is 5.94. The minimum atomic E-state index is -0.188. The topological polar surface area (TPSA) is 110 Å². The first-order valence-corrected chi connectivity index (χ1v) is 10.2. The number of imidazole rings is 1. The fraction of sp³-hybridized carbons (Fsp3) is 0.0400. The number of fused-ring (bicyclic) bond motifs is 1. The van der Waals surface area contributed by atoms with E-state index in [4.69, 9.17) is 10.7 Å². The summed E-state index contributed by atoms with van der Waals surface area (Å²) in [5, 5.41) is 2.86. The van der Waals surface area contributed by atoms with Gasteiger partial charge in [-0.05, 0) is 65.7 Å². The Hall–Kier alpha value is -4.52. The highest BCUT2D eigenvalue weighted by atomic mass is 16.1. The van der Waals surface area contributed by atoms with Crippen molar-refractivity contribution in [3.63, 3.8) is 0 Å². The van der Waals surface area contributed by atoms with Crippen LogP contribution in [0.3, 0.4) is 0 Å². The van der Waals surface area contributed by atoms with Gasteiger partial charge in [0.1, 0.15) is 5.82 Å². The second-order valence-corrected chi connectivity index (χ2v) is 7.37. The summed E-state index contributed by atoms with van der Waals surface area (Å²) in [5.41, 5.74) is 12.3. The van der Waals surface area contributed by atoms with Crippen molar-refractivity contribution in [2.24, 2.45) is 0 Å². The molecule has 7 nitrogen and oxygen atoms in total. The van der Waals surface area contributed by atoms with E-state index in [1.807, 2.05) is 36.4 Å². The number of hydrogen-bond acceptors (Lipinski definition) is 5. The number of aromatic nitrogens is 4. The zero-order chi connectivity index (χ0) is 21.9. The molecule has 7 heteroatoms. The molecule has 0 fully saturated rings. The molecular weight excluding hydrogens is 400 g/mol. The Morgan fingerprint density at radius 1 is 0.875 bits per heavy atom. The third kappa shape index (κ3) is 4.04. The van der Waals surface area contributed by atoms with Crippen molar-refractivity contribution in [1.29, 1.82) is 0 Å². The van der Waals surface area contributed by atoms with Gasteiger partial charge in [0, 0.05) is 29.2 Å². The molecule has 1 amide bonds. The van der Waals surface area contributed by atoms with Crippen LogP contribution in [0.2, 0.25) is 0 Å². The third-order valence-corrected chi connectivity index (χ3v) is 5.16. The maximum atomic E-state index is 12.3. The van der Waals surface area contributed by atoms with E-state index < -0.39 is 0 Å². The lowest BCUT2D eigenvalue weighted by Gasteiger charge is -2.05. The van der Waals surface area contributed by atoms with Gasteiger partial charge in [0.15, 0.2) is 5.65 Å². The first kappa shape index (κ1) is 19.4. The highest BCUT2D eigenvalue weighted by Crippen LogP contribution is 2.26. The number of nitrogens with one attached hydrogen (secondary N) is 2. The number of carbonyl (C=O) groups is 1. The molecule has 3 aromatic heterocycles. The molecule has 0 radical (unpaired) electrons. The van der Waals surface area contributed by atoms with Gasteiger partial charge in [0.25, 0.3) is 5.91 Å². The molecule has 5 aromatic rings. The Labute approximate surface area is 184 Å². The van der Waals surface area contributed by atoms with E-state index in [1.165, 1.54) is 0 Å². The van der Waals surface area contributed by atoms with Crippen LogP contribution in [0.4, 0.5) is 5.69 Å². The largest absolute Gasteiger partial charge is 0.399 e. The van der Waals surface area contributed by atoms with Gasteiger partial charge in [0.2, 0.25) is 0 Å². The molecule has 0 saturated heterocycles. The van der Waals surface area contributed by atoms with Crippen LogP contribution in [0, 0.1) is 0 Å². The molecule has 0 atom stereocenters. The second-order valence-electron chi connectivity index (χ2n) is 7.37. The number of carbonyl (C=O) groups excluding carboxylic acids is 1. The normalized spacial score (nSPS) is 10.9. The van der Waals surface area contributed by atoms with Crippen molar-refractivity contribution in [3.05, 3.63) is 96.6 Å². The summed E-state index contributed by atoms with van der Waals surface area (Å²) in [4.78, 5) is 28.9. The molecule has 0 aliphatic rings. The quantitative estimate of drug-likeness (QED) is 0.369. The standard InChI is InChI=1S/C25H20N6O/c26-20-6-4-17(5-7-20)25(32)28-15-23-29-22-9-8-21(30-24(22)31-23)19-3-1-2-18(14-19)16-10-12-27-13-11-16/h1-14H,15,26H2,(H,28,32)(H,29,30,31). The summed E-state index contributed by atoms with van der Waals surface area (Å²) < 4.78 is 0. The Morgan fingerprint density at radius 2 is 1.66 bits per heavy atom. The van der Waals surface area contributed by atoms with E-state index in [-0.39, 0.29) is 12.5 Å². The van der Waals surface area contributed by atoms with E-state index in [0.29, 0.717) is 22.7 Å². The Kier molecular flexibility index (Phi) is 5.05. The minimum absolute atomic E-state index is 0.188. The number of anilines is 1. The average molecular weight is 420 g/mol. The highest BCUT2D eigenvalue weighted by Gasteiger charge is 2.10. The summed E-state index contributed by atoms with van der Waals surface area (Å²) in [6.07, 6.45) is 3.56. The zero-order valence-electron chi connectivity index (χ0n) is 17.1. The van der Waals surface area contributed by atoms with Gasteiger partial charge in [-0.1, -0.05) is 18.2 Å². The van der Waals surface area contributed by atoms with E-state index in [0.717, 1.165) is 27.9 Å². The second kappa shape index (κ2) is 8.31. The zero-order valence-corrected chi connectivity index (χ0v) is 17.1. The average Bonchev–Trinajstić information content (AvgIpc) is 3.26. The molecule has 4 N–H and O–H groups in total. The van der Waals surface area contributed by atoms with Crippen LogP contribution in [0.5, 0.6) is 0 Å². The summed E-state index contributed by atoms with van der Waals surface area (Å²) in [7, 11) is 0. The lowest BCUT2D eigenvalue weighted by Crippen LogP contribution is -2.23. The maximum Gasteiger partial charge on any atom is 0.251 e. The fourth-order valence-corrected chi connectivity index (χ4v) is 3.49. The van der Waals surface area contributed by atoms with E-state index >= 15 is 0 Å². The van der Waals surface area contributed by atoms with Crippen LogP contribution in [0.25, 0.3) is 33.5 Å². The number of rotatable bonds is 5. The molecule has 0 aliphatic carbocycles. The molecule has 32 heavy (non-hydrogen) atoms. The third-order valence-electron chi connectivity index (χ3n) is 5.16. The number of aromatic amines is 1. The van der Waals surface area contributed by atoms with Gasteiger partial charge >= 0.3 is 0 Å². The molecule has 5 rings (SSSR count). The summed E-state index contributed by atoms with van der Waals surface area (Å²) >= 11 is 0. The van der Waals surface area contributed by atoms with Gasteiger partial charge in [-0.15, -0.1) is 0 Å². The van der Waals surface area contributed by atoms with Crippen LogP contribution in [0.15, 0.2) is 85.2 Å². The fourth-order valence-electron chi connectivity index (χ4n) is 3.49. The van der Waals surface area contributed by atoms with Crippen molar-refractivity contribution in [2.75, 3.05) is 5.73 Å². The summed E-state index contributed by atoms with van der Waals surface area (Å²) in [5.74, 6) is 0.450. The van der Waals surface area contributed by atoms with Crippen molar-refractivity contribution >= 4 is 22.8 Å². The van der Waals surface area contributed by atoms with Crippen LogP contribution in [0.1, 0.15) is 16.2 Å². The van der Waals surface area contributed by atoms with Crippen LogP contribution in [-0.2, 0) is 6.54 Å². The van der Waals surface area contributed by atoms with Crippen molar-refractivity contribution in [3.8, 4) is 22.4 Å². The number of amides is 1. The molecule has 2 aromatic carbocycles. The summed E-state index contributed by atoms with van der Waals surface area (Å²) in [6.45, 7) is 0.270. The number of nitrogen functional groups attached to an aromatic ring is 1. The smallest absolute Gasteiger partial charge is 0.251 e. The Bertz CT molecular complexity index is 1390. The van der Waals surface area contributed by atoms with Gasteiger partial charge < -0.3 is 16.0 Å². The SMILES string of the molecule is Nc1ccc(C(=O)NCc2nc3nc(-c4cccc(-c5ccncc5)c4)ccc3[nH]2)cc1. The lowest BCUT2D eigenvalue weighted by atomic mass is 10.0. The first-order chi connectivity index (χ1) is 15.7. The molecular formula is C25H20N6O. The van der Waals surface area contributed by atoms with Crippen LogP contribution >= 0.6 is 0 Å². The number of nitrogens with zero attached hydrogens (tertiary/aromatic N) is 3. The molecule has 0 spiro atoms. The van der Waals surface area contributed by atoms with Gasteiger partial charge in [-0.25, -0.2) is 9.97 Å². The van der Waals surface area contributed by atoms with E-state index in [1.54, 1.807) is 36.7 Å². The molecule has 0 saturated carbocycles. The first-order valence-electron chi connectivity index (χ1n) is 10.2. The van der Waals surface area contributed by atoms with Gasteiger partial charge in [-0.2, -0.15) is 0 Å². The Balaban J connectivity index is 1.35. The van der Waals surface area contributed by atoms with Crippen LogP contribution in [-0.4, -0.2) is 25.8 Å². The number of pyridine rings is 2. The monoisotopic (exact) mass is 420 g/mol. The van der Waals surface area contributed by atoms with Crippen molar-refractivity contribution in [2.45, 2.75) is 6.54 Å². The molecule has 0 aliphatic heterocycles. The molecule has 0 bridgehead atoms. The Morgan fingerprint density at radius 3 is 2.47 bits per heavy atom. The number of benzene rings is 2. The molecule has 0 unspecified atom stereocenters. The number of hydrogen-bond donors (Lipinski definition) is 3. The van der Waals surface area contributed by atoms with Crippen LogP contribution < -0.4 is 11.1 Å². The number of nitrogens with two attached hydrogens (primary N) is 1. The summed E-state index contributed by atoms with van der Waals surface area (Å²) in [6, 6.07) is 22.9. The maximum absolute atomic E-state index is 12.3. The van der Waals surface area contributed by atoms with Gasteiger partial charge in [-0.3, -0.25) is 9.78 Å². The lowest BCUT2D eigenvalue weighted by molar-refractivity contribution is 0.0950. The molecule has 156 valence electrons. The minimum Gasteiger partial charge on any atom is -0.399 e. The van der Waals surface area contributed by atoms with E-state index in [2.05, 4.69) is 32.4 Å². The van der Waals surface area contributed by atoms with Crippen molar-refractivity contribution in [1.82, 2.24) is 25.3 Å². The van der Waals surface area contributed by atoms with E-state index in [9.17, 15) is 4.79 Å². The predicted octanol–water partition coefficient (Wildman–Crippen LogP) is 4.20. The number of H-pyrrole nitrogens is 1. The van der Waals surface area contributed by atoms with Crippen molar-refractivity contribution < 1.29 is 4.79 Å². The predicted molar refractivity (Wildman–Crippen MR) is 125 cm³/mol. The van der Waals surface area contributed by atoms with Gasteiger partial charge in [0.05, 0.1) is 17.8 Å².